The maximum Gasteiger partial charge on any atom is 0.342 e. The van der Waals surface area contributed by atoms with E-state index >= 15 is 0 Å². The summed E-state index contributed by atoms with van der Waals surface area (Å²) in [5.74, 6) is -0.292. The van der Waals surface area contributed by atoms with Crippen LogP contribution in [0.15, 0.2) is 0 Å². The number of hydrogen-bond acceptors (Lipinski definition) is 3. The largest absolute Gasteiger partial charge is 0.342 e. The van der Waals surface area contributed by atoms with Crippen molar-refractivity contribution in [2.45, 2.75) is 26.7 Å². The summed E-state index contributed by atoms with van der Waals surface area (Å²) >= 11 is 0. The van der Waals surface area contributed by atoms with E-state index in [0.717, 1.165) is 6.42 Å². The second-order valence-corrected chi connectivity index (χ2v) is 1.61. The Bertz CT molecular complexity index is 85.1. The maximum absolute atomic E-state index is 10.5. The second-order valence-electron chi connectivity index (χ2n) is 1.61. The van der Waals surface area contributed by atoms with E-state index in [0.29, 0.717) is 13.0 Å². The summed E-state index contributed by atoms with van der Waals surface area (Å²) in [6.07, 6.45) is 1.23. The molecule has 0 aliphatic heterocycles. The van der Waals surface area contributed by atoms with Crippen molar-refractivity contribution in [3.8, 4) is 0 Å². The summed E-state index contributed by atoms with van der Waals surface area (Å²) in [5, 5.41) is 0. The summed E-state index contributed by atoms with van der Waals surface area (Å²) in [5.41, 5.74) is 0. The first-order valence-electron chi connectivity index (χ1n) is 3.13. The standard InChI is InChI=1S/C6H12O3.Ti/c1-3-5-6(7)9-8-4-2;/h3-5H2,1-2H3;. The van der Waals surface area contributed by atoms with Crippen molar-refractivity contribution in [3.05, 3.63) is 0 Å². The van der Waals surface area contributed by atoms with Crippen molar-refractivity contribution in [1.82, 2.24) is 0 Å². The molecule has 0 saturated carbocycles. The van der Waals surface area contributed by atoms with E-state index < -0.39 is 0 Å². The van der Waals surface area contributed by atoms with Gasteiger partial charge in [-0.1, -0.05) is 6.92 Å². The molecule has 0 rings (SSSR count). The summed E-state index contributed by atoms with van der Waals surface area (Å²) < 4.78 is 0. The van der Waals surface area contributed by atoms with Crippen molar-refractivity contribution >= 4 is 5.97 Å². The van der Waals surface area contributed by atoms with Crippen LogP contribution in [0.4, 0.5) is 0 Å². The molecule has 4 heteroatoms. The van der Waals surface area contributed by atoms with Crippen LogP contribution in [0.25, 0.3) is 0 Å². The van der Waals surface area contributed by atoms with Crippen LogP contribution in [0.1, 0.15) is 26.7 Å². The van der Waals surface area contributed by atoms with Gasteiger partial charge in [0.2, 0.25) is 0 Å². The van der Waals surface area contributed by atoms with E-state index in [-0.39, 0.29) is 27.7 Å². The van der Waals surface area contributed by atoms with Crippen molar-refractivity contribution in [2.24, 2.45) is 0 Å². The minimum atomic E-state index is -0.292. The summed E-state index contributed by atoms with van der Waals surface area (Å²) in [6, 6.07) is 0. The molecule has 0 radical (unpaired) electrons. The SMILES string of the molecule is CCCC(=O)OOCC.[Ti]. The minimum absolute atomic E-state index is 0. The van der Waals surface area contributed by atoms with Crippen molar-refractivity contribution in [3.63, 3.8) is 0 Å². The van der Waals surface area contributed by atoms with Gasteiger partial charge in [-0.25, -0.2) is 4.79 Å². The molecule has 0 amide bonds. The van der Waals surface area contributed by atoms with Crippen LogP contribution in [-0.2, 0) is 36.3 Å². The molecule has 0 heterocycles. The van der Waals surface area contributed by atoms with Gasteiger partial charge in [0.05, 0.1) is 6.61 Å². The first-order chi connectivity index (χ1) is 4.31. The van der Waals surface area contributed by atoms with Gasteiger partial charge in [-0.15, -0.1) is 0 Å². The smallest absolute Gasteiger partial charge is 0.298 e. The molecule has 3 nitrogen and oxygen atoms in total. The summed E-state index contributed by atoms with van der Waals surface area (Å²) in [6.45, 7) is 4.09. The molecule has 0 bridgehead atoms. The third kappa shape index (κ3) is 8.14. The summed E-state index contributed by atoms with van der Waals surface area (Å²) in [4.78, 5) is 19.1. The number of carbonyl (C=O) groups excluding carboxylic acids is 1. The van der Waals surface area contributed by atoms with Gasteiger partial charge in [0.1, 0.15) is 0 Å². The zero-order chi connectivity index (χ0) is 7.11. The van der Waals surface area contributed by atoms with Gasteiger partial charge in [-0.2, -0.15) is 4.89 Å². The van der Waals surface area contributed by atoms with E-state index in [4.69, 9.17) is 0 Å². The van der Waals surface area contributed by atoms with E-state index in [1.165, 1.54) is 0 Å². The first kappa shape index (κ1) is 12.8. The molecule has 0 aromatic rings. The van der Waals surface area contributed by atoms with Crippen molar-refractivity contribution < 1.29 is 36.3 Å². The predicted octanol–water partition coefficient (Wildman–Crippen LogP) is 1.28. The second kappa shape index (κ2) is 9.14. The monoisotopic (exact) mass is 180 g/mol. The molecule has 0 aromatic heterocycles. The molecule has 0 atom stereocenters. The Labute approximate surface area is 75.9 Å². The van der Waals surface area contributed by atoms with Crippen LogP contribution in [-0.4, -0.2) is 12.6 Å². The Kier molecular flexibility index (Phi) is 11.7. The molecule has 0 aromatic carbocycles. The number of hydrogen-bond donors (Lipinski definition) is 0. The quantitative estimate of drug-likeness (QED) is 0.371. The zero-order valence-electron chi connectivity index (χ0n) is 6.35. The fraction of sp³-hybridized carbons (Fsp3) is 0.833. The molecule has 0 N–H and O–H groups in total. The van der Waals surface area contributed by atoms with E-state index in [1.54, 1.807) is 6.92 Å². The molecule has 0 aliphatic rings. The number of rotatable bonds is 4. The van der Waals surface area contributed by atoms with Crippen LogP contribution in [0.2, 0.25) is 0 Å². The minimum Gasteiger partial charge on any atom is -0.298 e. The van der Waals surface area contributed by atoms with Crippen LogP contribution in [0, 0.1) is 0 Å². The van der Waals surface area contributed by atoms with Gasteiger partial charge in [-0.3, -0.25) is 4.89 Å². The molecule has 0 unspecified atom stereocenters. The van der Waals surface area contributed by atoms with Crippen LogP contribution < -0.4 is 0 Å². The number of carbonyl (C=O) groups is 1. The molecular weight excluding hydrogens is 168 g/mol. The molecule has 58 valence electrons. The van der Waals surface area contributed by atoms with Gasteiger partial charge < -0.3 is 0 Å². The van der Waals surface area contributed by atoms with Crippen LogP contribution >= 0.6 is 0 Å². The van der Waals surface area contributed by atoms with E-state index in [9.17, 15) is 4.79 Å². The molecule has 0 aliphatic carbocycles. The zero-order valence-corrected chi connectivity index (χ0v) is 7.91. The van der Waals surface area contributed by atoms with Gasteiger partial charge in [0.15, 0.2) is 0 Å². The van der Waals surface area contributed by atoms with E-state index in [2.05, 4.69) is 9.78 Å². The van der Waals surface area contributed by atoms with Gasteiger partial charge in [0, 0.05) is 28.1 Å². The van der Waals surface area contributed by atoms with Gasteiger partial charge in [-0.05, 0) is 13.3 Å². The topological polar surface area (TPSA) is 35.5 Å². The first-order valence-corrected chi connectivity index (χ1v) is 3.13. The van der Waals surface area contributed by atoms with Crippen LogP contribution in [0.5, 0.6) is 0 Å². The molecule has 10 heavy (non-hydrogen) atoms. The normalized spacial score (nSPS) is 8.20. The fourth-order valence-corrected chi connectivity index (χ4v) is 0.370. The molecule has 0 fully saturated rings. The van der Waals surface area contributed by atoms with E-state index in [1.807, 2.05) is 6.92 Å². The van der Waals surface area contributed by atoms with Crippen LogP contribution in [0.3, 0.4) is 0 Å². The third-order valence-corrected chi connectivity index (χ3v) is 0.724. The predicted molar refractivity (Wildman–Crippen MR) is 32.6 cm³/mol. The fourth-order valence-electron chi connectivity index (χ4n) is 0.370. The Morgan fingerprint density at radius 3 is 2.40 bits per heavy atom. The molecular formula is C6H12O3Ti. The maximum atomic E-state index is 10.5. The van der Waals surface area contributed by atoms with Crippen molar-refractivity contribution in [2.75, 3.05) is 6.61 Å². The Balaban J connectivity index is 0. The Hall–Kier alpha value is 0.144. The Morgan fingerprint density at radius 1 is 1.40 bits per heavy atom. The van der Waals surface area contributed by atoms with Gasteiger partial charge >= 0.3 is 5.97 Å². The molecule has 0 spiro atoms. The average Bonchev–Trinajstić information content (AvgIpc) is 1.85. The summed E-state index contributed by atoms with van der Waals surface area (Å²) in [7, 11) is 0. The Morgan fingerprint density at radius 2 is 2.00 bits per heavy atom. The van der Waals surface area contributed by atoms with Gasteiger partial charge in [0.25, 0.3) is 0 Å². The average molecular weight is 180 g/mol. The van der Waals surface area contributed by atoms with Crippen molar-refractivity contribution in [1.29, 1.82) is 0 Å². The molecule has 0 saturated heterocycles. The third-order valence-electron chi connectivity index (χ3n) is 0.724.